The molecule has 0 amide bonds. The van der Waals surface area contributed by atoms with E-state index in [4.69, 9.17) is 16.3 Å². The number of nitrogens with zero attached hydrogens (tertiary/aromatic N) is 3. The molecule has 2 aromatic carbocycles. The summed E-state index contributed by atoms with van der Waals surface area (Å²) in [7, 11) is 1.38. The number of hydrogen-bond acceptors (Lipinski definition) is 5. The van der Waals surface area contributed by atoms with Crippen LogP contribution in [0.25, 0.3) is 0 Å². The Kier molecular flexibility index (Phi) is 6.26. The first-order valence-corrected chi connectivity index (χ1v) is 8.96. The molecule has 0 aliphatic carbocycles. The van der Waals surface area contributed by atoms with E-state index < -0.39 is 0 Å². The number of carbonyl (C=O) groups is 1. The van der Waals surface area contributed by atoms with E-state index in [2.05, 4.69) is 21.1 Å². The van der Waals surface area contributed by atoms with Crippen molar-refractivity contribution >= 4 is 23.8 Å². The Balaban J connectivity index is 1.50. The lowest BCUT2D eigenvalue weighted by molar-refractivity contribution is 0.0600. The van der Waals surface area contributed by atoms with E-state index >= 15 is 0 Å². The molecule has 0 N–H and O–H groups in total. The van der Waals surface area contributed by atoms with Gasteiger partial charge in [-0.25, -0.2) is 4.79 Å². The summed E-state index contributed by atoms with van der Waals surface area (Å²) >= 11 is 6.24. The summed E-state index contributed by atoms with van der Waals surface area (Å²) in [5, 5.41) is 7.44. The van der Waals surface area contributed by atoms with Crippen molar-refractivity contribution in [1.29, 1.82) is 0 Å². The Hall–Kier alpha value is -2.37. The molecule has 1 fully saturated rings. The lowest BCUT2D eigenvalue weighted by Gasteiger charge is -2.33. The van der Waals surface area contributed by atoms with E-state index in [9.17, 15) is 4.79 Å². The second-order valence-corrected chi connectivity index (χ2v) is 6.59. The highest BCUT2D eigenvalue weighted by Crippen LogP contribution is 2.18. The van der Waals surface area contributed by atoms with Gasteiger partial charge in [0.2, 0.25) is 0 Å². The van der Waals surface area contributed by atoms with Crippen LogP contribution in [0.2, 0.25) is 5.02 Å². The zero-order valence-electron chi connectivity index (χ0n) is 14.8. The van der Waals surface area contributed by atoms with E-state index in [-0.39, 0.29) is 5.97 Å². The van der Waals surface area contributed by atoms with Gasteiger partial charge in [0.15, 0.2) is 0 Å². The highest BCUT2D eigenvalue weighted by molar-refractivity contribution is 6.31. The average Bonchev–Trinajstić information content (AvgIpc) is 2.69. The third-order valence-electron chi connectivity index (χ3n) is 4.40. The van der Waals surface area contributed by atoms with Crippen LogP contribution in [-0.2, 0) is 11.3 Å². The maximum atomic E-state index is 11.4. The minimum Gasteiger partial charge on any atom is -0.465 e. The van der Waals surface area contributed by atoms with Gasteiger partial charge in [-0.3, -0.25) is 9.91 Å². The summed E-state index contributed by atoms with van der Waals surface area (Å²) < 4.78 is 4.70. The van der Waals surface area contributed by atoms with Gasteiger partial charge in [-0.15, -0.1) is 0 Å². The Morgan fingerprint density at radius 2 is 1.81 bits per heavy atom. The standard InChI is InChI=1S/C20H22ClN3O2/c1-26-20(25)17-8-6-16(7-9-17)14-22-24-12-10-23(11-13-24)15-18-4-2-3-5-19(18)21/h2-9,14H,10-13,15H2,1H3/b22-14-. The highest BCUT2D eigenvalue weighted by Gasteiger charge is 2.16. The number of benzene rings is 2. The molecular weight excluding hydrogens is 350 g/mol. The lowest BCUT2D eigenvalue weighted by atomic mass is 10.1. The molecule has 1 heterocycles. The molecule has 1 saturated heterocycles. The first-order chi connectivity index (χ1) is 12.7. The van der Waals surface area contributed by atoms with E-state index in [1.807, 2.05) is 36.5 Å². The second kappa shape index (κ2) is 8.83. The molecule has 26 heavy (non-hydrogen) atoms. The van der Waals surface area contributed by atoms with E-state index in [0.717, 1.165) is 48.9 Å². The van der Waals surface area contributed by atoms with Crippen molar-refractivity contribution in [2.24, 2.45) is 5.10 Å². The maximum absolute atomic E-state index is 11.4. The molecule has 2 aromatic rings. The fraction of sp³-hybridized carbons (Fsp3) is 0.300. The number of hydrogen-bond donors (Lipinski definition) is 0. The van der Waals surface area contributed by atoms with E-state index in [1.165, 1.54) is 7.11 Å². The fourth-order valence-electron chi connectivity index (χ4n) is 2.85. The summed E-state index contributed by atoms with van der Waals surface area (Å²) in [6.45, 7) is 4.52. The lowest BCUT2D eigenvalue weighted by Crippen LogP contribution is -2.43. The quantitative estimate of drug-likeness (QED) is 0.597. The summed E-state index contributed by atoms with van der Waals surface area (Å²) in [5.41, 5.74) is 2.66. The zero-order chi connectivity index (χ0) is 18.4. The molecular formula is C20H22ClN3O2. The van der Waals surface area contributed by atoms with Crippen LogP contribution in [0, 0.1) is 0 Å². The predicted molar refractivity (Wildman–Crippen MR) is 104 cm³/mol. The molecule has 0 bridgehead atoms. The van der Waals surface area contributed by atoms with Crippen molar-refractivity contribution in [2.45, 2.75) is 6.54 Å². The van der Waals surface area contributed by atoms with Crippen LogP contribution in [0.4, 0.5) is 0 Å². The van der Waals surface area contributed by atoms with Crippen molar-refractivity contribution in [2.75, 3.05) is 33.3 Å². The molecule has 1 aliphatic heterocycles. The third-order valence-corrected chi connectivity index (χ3v) is 4.77. The van der Waals surface area contributed by atoms with Crippen LogP contribution in [-0.4, -0.2) is 55.4 Å². The van der Waals surface area contributed by atoms with Crippen molar-refractivity contribution in [3.05, 3.63) is 70.2 Å². The minimum atomic E-state index is -0.330. The van der Waals surface area contributed by atoms with Crippen LogP contribution < -0.4 is 0 Å². The Bertz CT molecular complexity index is 769. The topological polar surface area (TPSA) is 45.1 Å². The summed E-state index contributed by atoms with van der Waals surface area (Å²) in [5.74, 6) is -0.330. The minimum absolute atomic E-state index is 0.330. The number of hydrazone groups is 1. The predicted octanol–water partition coefficient (Wildman–Crippen LogP) is 3.28. The van der Waals surface area contributed by atoms with Crippen molar-refractivity contribution in [3.8, 4) is 0 Å². The first kappa shape index (κ1) is 18.4. The summed E-state index contributed by atoms with van der Waals surface area (Å²) in [6, 6.07) is 15.2. The number of esters is 1. The summed E-state index contributed by atoms with van der Waals surface area (Å²) in [4.78, 5) is 13.8. The van der Waals surface area contributed by atoms with Gasteiger partial charge in [-0.2, -0.15) is 5.10 Å². The molecule has 0 aromatic heterocycles. The van der Waals surface area contributed by atoms with Crippen LogP contribution in [0.15, 0.2) is 53.6 Å². The van der Waals surface area contributed by atoms with Crippen molar-refractivity contribution in [3.63, 3.8) is 0 Å². The van der Waals surface area contributed by atoms with E-state index in [0.29, 0.717) is 5.56 Å². The van der Waals surface area contributed by atoms with Gasteiger partial charge in [0.25, 0.3) is 0 Å². The highest BCUT2D eigenvalue weighted by atomic mass is 35.5. The van der Waals surface area contributed by atoms with E-state index in [1.54, 1.807) is 12.1 Å². The first-order valence-electron chi connectivity index (χ1n) is 8.59. The molecule has 0 atom stereocenters. The van der Waals surface area contributed by atoms with Crippen LogP contribution in [0.5, 0.6) is 0 Å². The SMILES string of the molecule is COC(=O)c1ccc(/C=N\N2CCN(Cc3ccccc3Cl)CC2)cc1. The van der Waals surface area contributed by atoms with Gasteiger partial charge < -0.3 is 4.74 Å². The molecule has 0 saturated carbocycles. The molecule has 0 radical (unpaired) electrons. The average molecular weight is 372 g/mol. The fourth-order valence-corrected chi connectivity index (χ4v) is 3.05. The monoisotopic (exact) mass is 371 g/mol. The third kappa shape index (κ3) is 4.84. The molecule has 1 aliphatic rings. The van der Waals surface area contributed by atoms with Gasteiger partial charge >= 0.3 is 5.97 Å². The molecule has 6 heteroatoms. The molecule has 0 spiro atoms. The molecule has 136 valence electrons. The number of carbonyl (C=O) groups excluding carboxylic acids is 1. The van der Waals surface area contributed by atoms with Crippen molar-refractivity contribution < 1.29 is 9.53 Å². The number of rotatable bonds is 5. The van der Waals surface area contributed by atoms with Gasteiger partial charge in [-0.1, -0.05) is 41.9 Å². The molecule has 5 nitrogen and oxygen atoms in total. The van der Waals surface area contributed by atoms with Crippen molar-refractivity contribution in [1.82, 2.24) is 9.91 Å². The number of halogens is 1. The molecule has 3 rings (SSSR count). The Labute approximate surface area is 158 Å². The van der Waals surface area contributed by atoms with Crippen LogP contribution >= 0.6 is 11.6 Å². The number of piperazine rings is 1. The van der Waals surface area contributed by atoms with Crippen LogP contribution in [0.3, 0.4) is 0 Å². The zero-order valence-corrected chi connectivity index (χ0v) is 15.5. The summed E-state index contributed by atoms with van der Waals surface area (Å²) in [6.07, 6.45) is 1.82. The van der Waals surface area contributed by atoms with Gasteiger partial charge in [-0.05, 0) is 29.3 Å². The van der Waals surface area contributed by atoms with Gasteiger partial charge in [0, 0.05) is 37.7 Å². The van der Waals surface area contributed by atoms with Crippen LogP contribution in [0.1, 0.15) is 21.5 Å². The number of methoxy groups -OCH3 is 1. The van der Waals surface area contributed by atoms with Gasteiger partial charge in [0.1, 0.15) is 0 Å². The largest absolute Gasteiger partial charge is 0.465 e. The second-order valence-electron chi connectivity index (χ2n) is 6.18. The Morgan fingerprint density at radius 1 is 1.12 bits per heavy atom. The molecule has 0 unspecified atom stereocenters. The van der Waals surface area contributed by atoms with Gasteiger partial charge in [0.05, 0.1) is 18.9 Å². The Morgan fingerprint density at radius 3 is 2.46 bits per heavy atom. The normalized spacial score (nSPS) is 15.4. The maximum Gasteiger partial charge on any atom is 0.337 e. The number of ether oxygens (including phenoxy) is 1. The smallest absolute Gasteiger partial charge is 0.337 e.